The molecule has 0 heterocycles. The fraction of sp³-hybridized carbons (Fsp3) is 1.00. The molecule has 0 aliphatic carbocycles. The predicted octanol–water partition coefficient (Wildman–Crippen LogP) is 1.82. The predicted molar refractivity (Wildman–Crippen MR) is 48.8 cm³/mol. The van der Waals surface area contributed by atoms with Crippen molar-refractivity contribution in [3.8, 4) is 0 Å². The van der Waals surface area contributed by atoms with Gasteiger partial charge in [-0.05, 0) is 6.92 Å². The van der Waals surface area contributed by atoms with Gasteiger partial charge < -0.3 is 14.2 Å². The van der Waals surface area contributed by atoms with Crippen LogP contribution in [0.25, 0.3) is 0 Å². The molecule has 0 saturated carbocycles. The Bertz CT molecular complexity index is 84.7. The van der Waals surface area contributed by atoms with Gasteiger partial charge in [0.15, 0.2) is 0 Å². The largest absolute Gasteiger partial charge is 0.330 e. The van der Waals surface area contributed by atoms with Crippen LogP contribution >= 0.6 is 23.2 Å². The van der Waals surface area contributed by atoms with Gasteiger partial charge in [0.05, 0.1) is 13.2 Å². The third-order valence-corrected chi connectivity index (χ3v) is 1.27. The minimum Gasteiger partial charge on any atom is -0.330 e. The molecular weight excluding hydrogens is 203 g/mol. The van der Waals surface area contributed by atoms with Crippen LogP contribution in [0.3, 0.4) is 0 Å². The second-order valence-corrected chi connectivity index (χ2v) is 2.62. The lowest BCUT2D eigenvalue weighted by Crippen LogP contribution is -2.23. The number of hydrogen-bond acceptors (Lipinski definition) is 3. The standard InChI is InChI=1S/C7H14Cl2O3/c1-2-10-7(11-5-3-8)12-6-4-9/h7H,2-6H2,1H3. The molecule has 0 amide bonds. The van der Waals surface area contributed by atoms with E-state index in [1.54, 1.807) is 0 Å². The van der Waals surface area contributed by atoms with E-state index in [2.05, 4.69) is 0 Å². The summed E-state index contributed by atoms with van der Waals surface area (Å²) in [6.07, 6.45) is 0. The lowest BCUT2D eigenvalue weighted by atomic mass is 10.8. The number of halogens is 2. The third-order valence-electron chi connectivity index (χ3n) is 0.965. The first-order chi connectivity index (χ1) is 5.85. The Morgan fingerprint density at radius 2 is 1.50 bits per heavy atom. The van der Waals surface area contributed by atoms with Crippen molar-refractivity contribution < 1.29 is 14.2 Å². The Morgan fingerprint density at radius 1 is 1.00 bits per heavy atom. The zero-order chi connectivity index (χ0) is 9.23. The van der Waals surface area contributed by atoms with Crippen LogP contribution in [0.5, 0.6) is 0 Å². The average molecular weight is 217 g/mol. The van der Waals surface area contributed by atoms with Crippen LogP contribution < -0.4 is 0 Å². The Kier molecular flexibility index (Phi) is 9.91. The first-order valence-corrected chi connectivity index (χ1v) is 4.88. The molecule has 3 nitrogen and oxygen atoms in total. The topological polar surface area (TPSA) is 27.7 Å². The molecular formula is C7H14Cl2O3. The van der Waals surface area contributed by atoms with Crippen molar-refractivity contribution in [2.45, 2.75) is 13.4 Å². The molecule has 5 heteroatoms. The normalized spacial score (nSPS) is 11.0. The van der Waals surface area contributed by atoms with E-state index in [4.69, 9.17) is 37.4 Å². The summed E-state index contributed by atoms with van der Waals surface area (Å²) in [4.78, 5) is 0. The summed E-state index contributed by atoms with van der Waals surface area (Å²) in [5.41, 5.74) is 0. The molecule has 0 aromatic carbocycles. The zero-order valence-corrected chi connectivity index (χ0v) is 8.61. The maximum atomic E-state index is 5.42. The minimum atomic E-state index is -0.632. The van der Waals surface area contributed by atoms with Gasteiger partial charge in [-0.15, -0.1) is 23.2 Å². The van der Waals surface area contributed by atoms with Gasteiger partial charge in [-0.1, -0.05) is 0 Å². The van der Waals surface area contributed by atoms with Gasteiger partial charge in [-0.2, -0.15) is 0 Å². The van der Waals surface area contributed by atoms with Crippen molar-refractivity contribution in [3.63, 3.8) is 0 Å². The molecule has 0 unspecified atom stereocenters. The van der Waals surface area contributed by atoms with Crippen LogP contribution in [0.15, 0.2) is 0 Å². The smallest absolute Gasteiger partial charge is 0.271 e. The first kappa shape index (κ1) is 12.5. The lowest BCUT2D eigenvalue weighted by molar-refractivity contribution is -0.282. The number of ether oxygens (including phenoxy) is 3. The fourth-order valence-corrected chi connectivity index (χ4v) is 0.740. The van der Waals surface area contributed by atoms with Gasteiger partial charge in [0.25, 0.3) is 6.48 Å². The minimum absolute atomic E-state index is 0.411. The molecule has 0 bridgehead atoms. The maximum Gasteiger partial charge on any atom is 0.271 e. The third kappa shape index (κ3) is 7.13. The van der Waals surface area contributed by atoms with Gasteiger partial charge in [0.2, 0.25) is 0 Å². The van der Waals surface area contributed by atoms with Crippen molar-refractivity contribution in [3.05, 3.63) is 0 Å². The number of hydrogen-bond donors (Lipinski definition) is 0. The van der Waals surface area contributed by atoms with Gasteiger partial charge >= 0.3 is 0 Å². The molecule has 0 aliphatic heterocycles. The van der Waals surface area contributed by atoms with E-state index in [-0.39, 0.29) is 0 Å². The highest BCUT2D eigenvalue weighted by molar-refractivity contribution is 6.18. The maximum absolute atomic E-state index is 5.42. The highest BCUT2D eigenvalue weighted by atomic mass is 35.5. The Hall–Kier alpha value is 0.460. The summed E-state index contributed by atoms with van der Waals surface area (Å²) in [5, 5.41) is 0. The highest BCUT2D eigenvalue weighted by Crippen LogP contribution is 1.98. The summed E-state index contributed by atoms with van der Waals surface area (Å²) in [5.74, 6) is 0.849. The molecule has 0 atom stereocenters. The summed E-state index contributed by atoms with van der Waals surface area (Å²) in [6, 6.07) is 0. The number of alkyl halides is 2. The van der Waals surface area contributed by atoms with E-state index in [0.29, 0.717) is 31.6 Å². The summed E-state index contributed by atoms with van der Waals surface area (Å²) in [6.45, 7) is 2.59. The van der Waals surface area contributed by atoms with Crippen molar-refractivity contribution in [1.29, 1.82) is 0 Å². The average Bonchev–Trinajstić information content (AvgIpc) is 2.10. The van der Waals surface area contributed by atoms with Crippen LogP contribution in [-0.2, 0) is 14.2 Å². The molecule has 74 valence electrons. The van der Waals surface area contributed by atoms with Crippen LogP contribution in [0, 0.1) is 0 Å². The van der Waals surface area contributed by atoms with Crippen LogP contribution in [0.2, 0.25) is 0 Å². The first-order valence-electron chi connectivity index (χ1n) is 3.81. The van der Waals surface area contributed by atoms with E-state index in [1.165, 1.54) is 0 Å². The van der Waals surface area contributed by atoms with E-state index >= 15 is 0 Å². The second kappa shape index (κ2) is 9.55. The second-order valence-electron chi connectivity index (χ2n) is 1.86. The Labute approximate surface area is 82.9 Å². The summed E-state index contributed by atoms with van der Waals surface area (Å²) >= 11 is 10.8. The molecule has 12 heavy (non-hydrogen) atoms. The van der Waals surface area contributed by atoms with Crippen LogP contribution in [0.1, 0.15) is 6.92 Å². The lowest BCUT2D eigenvalue weighted by Gasteiger charge is -2.16. The van der Waals surface area contributed by atoms with E-state index < -0.39 is 6.48 Å². The van der Waals surface area contributed by atoms with E-state index in [9.17, 15) is 0 Å². The summed E-state index contributed by atoms with van der Waals surface area (Å²) < 4.78 is 15.3. The van der Waals surface area contributed by atoms with Gasteiger partial charge in [-0.25, -0.2) is 0 Å². The van der Waals surface area contributed by atoms with Crippen molar-refractivity contribution in [2.24, 2.45) is 0 Å². The Morgan fingerprint density at radius 3 is 1.83 bits per heavy atom. The van der Waals surface area contributed by atoms with Crippen molar-refractivity contribution >= 4 is 23.2 Å². The van der Waals surface area contributed by atoms with Gasteiger partial charge in [-0.3, -0.25) is 0 Å². The summed E-state index contributed by atoms with van der Waals surface area (Å²) in [7, 11) is 0. The van der Waals surface area contributed by atoms with E-state index in [0.717, 1.165) is 0 Å². The van der Waals surface area contributed by atoms with Gasteiger partial charge in [0, 0.05) is 18.4 Å². The molecule has 0 aliphatic rings. The fourth-order valence-electron chi connectivity index (χ4n) is 0.562. The monoisotopic (exact) mass is 216 g/mol. The zero-order valence-electron chi connectivity index (χ0n) is 7.09. The molecule has 0 radical (unpaired) electrons. The Balaban J connectivity index is 3.40. The van der Waals surface area contributed by atoms with Gasteiger partial charge in [0.1, 0.15) is 0 Å². The molecule has 0 saturated heterocycles. The molecule has 0 aromatic rings. The highest BCUT2D eigenvalue weighted by Gasteiger charge is 2.07. The molecule has 0 fully saturated rings. The molecule has 0 aromatic heterocycles. The SMILES string of the molecule is CCOC(OCCCl)OCCCl. The quantitative estimate of drug-likeness (QED) is 0.458. The van der Waals surface area contributed by atoms with Crippen LogP contribution in [0.4, 0.5) is 0 Å². The molecule has 0 rings (SSSR count). The molecule has 0 N–H and O–H groups in total. The van der Waals surface area contributed by atoms with Crippen LogP contribution in [-0.4, -0.2) is 38.1 Å². The number of rotatable bonds is 8. The molecule has 0 spiro atoms. The van der Waals surface area contributed by atoms with Crippen molar-refractivity contribution in [2.75, 3.05) is 31.6 Å². The van der Waals surface area contributed by atoms with E-state index in [1.807, 2.05) is 6.92 Å². The van der Waals surface area contributed by atoms with Crippen molar-refractivity contribution in [1.82, 2.24) is 0 Å².